The fraction of sp³-hybridized carbons (Fsp3) is 0.250. The zero-order valence-electron chi connectivity index (χ0n) is 21.1. The summed E-state index contributed by atoms with van der Waals surface area (Å²) in [6, 6.07) is 15.0. The van der Waals surface area contributed by atoms with Crippen molar-refractivity contribution < 1.29 is 23.5 Å². The molecule has 0 saturated carbocycles. The number of hydrogen-bond donors (Lipinski definition) is 2. The van der Waals surface area contributed by atoms with Gasteiger partial charge in [0, 0.05) is 15.6 Å². The van der Waals surface area contributed by atoms with Gasteiger partial charge in [-0.05, 0) is 60.9 Å². The van der Waals surface area contributed by atoms with Gasteiger partial charge in [-0.2, -0.15) is 5.10 Å². The van der Waals surface area contributed by atoms with E-state index in [1.165, 1.54) is 24.4 Å². The molecule has 38 heavy (non-hydrogen) atoms. The molecule has 3 aromatic rings. The summed E-state index contributed by atoms with van der Waals surface area (Å²) in [5, 5.41) is 7.62. The Morgan fingerprint density at radius 3 is 2.47 bits per heavy atom. The van der Waals surface area contributed by atoms with E-state index in [1.807, 2.05) is 6.92 Å². The summed E-state index contributed by atoms with van der Waals surface area (Å²) >= 11 is 12.2. The molecule has 200 valence electrons. The van der Waals surface area contributed by atoms with Crippen LogP contribution >= 0.6 is 23.2 Å². The van der Waals surface area contributed by atoms with Gasteiger partial charge >= 0.3 is 0 Å². The number of amides is 2. The summed E-state index contributed by atoms with van der Waals surface area (Å²) < 4.78 is 25.6. The molecule has 2 N–H and O–H groups in total. The van der Waals surface area contributed by atoms with Crippen LogP contribution in [0.25, 0.3) is 0 Å². The van der Waals surface area contributed by atoms with Crippen LogP contribution < -0.4 is 20.2 Å². The van der Waals surface area contributed by atoms with Crippen molar-refractivity contribution in [2.45, 2.75) is 33.4 Å². The van der Waals surface area contributed by atoms with E-state index < -0.39 is 23.7 Å². The maximum absolute atomic E-state index is 14.0. The molecule has 1 unspecified atom stereocenters. The zero-order chi connectivity index (χ0) is 27.7. The molecular formula is C28H28Cl2FN3O4. The SMILES string of the molecule is CCOc1cc(/C=N/NC(=O)C(NC(=O)c2ccccc2F)C(C)C)ccc1OCc1ccc(Cl)cc1Cl. The number of hydrogen-bond acceptors (Lipinski definition) is 5. The average Bonchev–Trinajstić information content (AvgIpc) is 2.87. The number of carbonyl (C=O) groups is 2. The zero-order valence-corrected chi connectivity index (χ0v) is 22.6. The number of hydrazone groups is 1. The van der Waals surface area contributed by atoms with E-state index >= 15 is 0 Å². The lowest BCUT2D eigenvalue weighted by molar-refractivity contribution is -0.123. The van der Waals surface area contributed by atoms with E-state index in [-0.39, 0.29) is 18.1 Å². The van der Waals surface area contributed by atoms with Crippen LogP contribution in [0.2, 0.25) is 10.0 Å². The number of halogens is 3. The molecule has 0 spiro atoms. The Balaban J connectivity index is 1.65. The largest absolute Gasteiger partial charge is 0.490 e. The molecule has 0 aliphatic heterocycles. The van der Waals surface area contributed by atoms with Crippen molar-refractivity contribution in [2.24, 2.45) is 11.0 Å². The normalized spacial score (nSPS) is 11.9. The van der Waals surface area contributed by atoms with Crippen LogP contribution in [0.15, 0.2) is 65.8 Å². The molecule has 0 aromatic heterocycles. The average molecular weight is 560 g/mol. The first-order valence-electron chi connectivity index (χ1n) is 11.9. The number of carbonyl (C=O) groups excluding carboxylic acids is 2. The fourth-order valence-electron chi connectivity index (χ4n) is 3.43. The van der Waals surface area contributed by atoms with E-state index in [0.717, 1.165) is 5.56 Å². The second-order valence-electron chi connectivity index (χ2n) is 8.57. The standard InChI is InChI=1S/C28H28Cl2FN3O4/c1-4-37-25-13-18(9-12-24(25)38-16-19-10-11-20(29)14-22(19)30)15-32-34-28(36)26(17(2)3)33-27(35)21-7-5-6-8-23(21)31/h5-15,17,26H,4,16H2,1-3H3,(H,33,35)(H,34,36)/b32-15+. The lowest BCUT2D eigenvalue weighted by Crippen LogP contribution is -2.48. The Kier molecular flexibility index (Phi) is 10.5. The number of benzene rings is 3. The molecular weight excluding hydrogens is 532 g/mol. The number of nitrogens with one attached hydrogen (secondary N) is 2. The van der Waals surface area contributed by atoms with Crippen LogP contribution in [0.5, 0.6) is 11.5 Å². The van der Waals surface area contributed by atoms with Gasteiger partial charge in [-0.1, -0.05) is 55.2 Å². The second-order valence-corrected chi connectivity index (χ2v) is 9.42. The minimum absolute atomic E-state index is 0.140. The topological polar surface area (TPSA) is 89.0 Å². The third-order valence-corrected chi connectivity index (χ3v) is 6.00. The molecule has 0 saturated heterocycles. The van der Waals surface area contributed by atoms with E-state index in [0.29, 0.717) is 33.7 Å². The Morgan fingerprint density at radius 1 is 1.03 bits per heavy atom. The van der Waals surface area contributed by atoms with Crippen molar-refractivity contribution in [1.82, 2.24) is 10.7 Å². The van der Waals surface area contributed by atoms with Crippen molar-refractivity contribution in [1.29, 1.82) is 0 Å². The second kappa shape index (κ2) is 13.8. The monoisotopic (exact) mass is 559 g/mol. The highest BCUT2D eigenvalue weighted by molar-refractivity contribution is 6.35. The fourth-order valence-corrected chi connectivity index (χ4v) is 3.89. The molecule has 3 aromatic carbocycles. The molecule has 2 amide bonds. The predicted molar refractivity (Wildman–Crippen MR) is 147 cm³/mol. The van der Waals surface area contributed by atoms with E-state index in [9.17, 15) is 14.0 Å². The lowest BCUT2D eigenvalue weighted by atomic mass is 10.0. The van der Waals surface area contributed by atoms with Crippen LogP contribution in [0.3, 0.4) is 0 Å². The molecule has 1 atom stereocenters. The highest BCUT2D eigenvalue weighted by atomic mass is 35.5. The van der Waals surface area contributed by atoms with Gasteiger partial charge in [-0.15, -0.1) is 0 Å². The Morgan fingerprint density at radius 2 is 1.79 bits per heavy atom. The smallest absolute Gasteiger partial charge is 0.262 e. The molecule has 3 rings (SSSR count). The molecule has 0 heterocycles. The summed E-state index contributed by atoms with van der Waals surface area (Å²) in [4.78, 5) is 25.2. The highest BCUT2D eigenvalue weighted by Gasteiger charge is 2.25. The summed E-state index contributed by atoms with van der Waals surface area (Å²) in [7, 11) is 0. The van der Waals surface area contributed by atoms with Crippen molar-refractivity contribution in [3.63, 3.8) is 0 Å². The number of nitrogens with zero attached hydrogens (tertiary/aromatic N) is 1. The molecule has 0 aliphatic carbocycles. The summed E-state index contributed by atoms with van der Waals surface area (Å²) in [6.07, 6.45) is 1.44. The molecule has 10 heteroatoms. The summed E-state index contributed by atoms with van der Waals surface area (Å²) in [5.74, 6) is -1.15. The van der Waals surface area contributed by atoms with Crippen LogP contribution in [-0.4, -0.2) is 30.7 Å². The molecule has 7 nitrogen and oxygen atoms in total. The summed E-state index contributed by atoms with van der Waals surface area (Å²) in [6.45, 7) is 6.00. The van der Waals surface area contributed by atoms with Gasteiger partial charge in [-0.25, -0.2) is 9.82 Å². The van der Waals surface area contributed by atoms with Crippen LogP contribution in [0.4, 0.5) is 4.39 Å². The minimum Gasteiger partial charge on any atom is -0.490 e. The first-order valence-corrected chi connectivity index (χ1v) is 12.7. The van der Waals surface area contributed by atoms with E-state index in [2.05, 4.69) is 15.8 Å². The third-order valence-electron chi connectivity index (χ3n) is 5.41. The lowest BCUT2D eigenvalue weighted by Gasteiger charge is -2.20. The minimum atomic E-state index is -0.922. The maximum atomic E-state index is 14.0. The van der Waals surface area contributed by atoms with Gasteiger partial charge in [0.05, 0.1) is 18.4 Å². The first-order chi connectivity index (χ1) is 18.2. The van der Waals surface area contributed by atoms with Crippen molar-refractivity contribution >= 4 is 41.2 Å². The number of rotatable bonds is 11. The molecule has 0 aliphatic rings. The van der Waals surface area contributed by atoms with Crippen molar-refractivity contribution in [3.05, 3.63) is 93.2 Å². The Hall–Kier alpha value is -3.62. The van der Waals surface area contributed by atoms with Crippen molar-refractivity contribution in [2.75, 3.05) is 6.61 Å². The predicted octanol–water partition coefficient (Wildman–Crippen LogP) is 6.01. The van der Waals surface area contributed by atoms with Gasteiger partial charge in [0.1, 0.15) is 18.5 Å². The van der Waals surface area contributed by atoms with Gasteiger partial charge in [-0.3, -0.25) is 9.59 Å². The van der Waals surface area contributed by atoms with E-state index in [4.69, 9.17) is 32.7 Å². The van der Waals surface area contributed by atoms with Crippen molar-refractivity contribution in [3.8, 4) is 11.5 Å². The maximum Gasteiger partial charge on any atom is 0.262 e. The van der Waals surface area contributed by atoms with Crippen LogP contribution in [0, 0.1) is 11.7 Å². The first kappa shape index (κ1) is 28.9. The third kappa shape index (κ3) is 7.94. The highest BCUT2D eigenvalue weighted by Crippen LogP contribution is 2.30. The van der Waals surface area contributed by atoms with Crippen LogP contribution in [0.1, 0.15) is 42.3 Å². The quantitative estimate of drug-likeness (QED) is 0.222. The Bertz CT molecular complexity index is 1320. The summed E-state index contributed by atoms with van der Waals surface area (Å²) in [5.41, 5.74) is 3.70. The Labute approximate surface area is 230 Å². The van der Waals surface area contributed by atoms with Gasteiger partial charge in [0.15, 0.2) is 11.5 Å². The van der Waals surface area contributed by atoms with Gasteiger partial charge < -0.3 is 14.8 Å². The number of ether oxygens (including phenoxy) is 2. The van der Waals surface area contributed by atoms with Gasteiger partial charge in [0.25, 0.3) is 11.8 Å². The van der Waals surface area contributed by atoms with Gasteiger partial charge in [0.2, 0.25) is 0 Å². The van der Waals surface area contributed by atoms with Crippen LogP contribution in [-0.2, 0) is 11.4 Å². The molecule has 0 bridgehead atoms. The van der Waals surface area contributed by atoms with E-state index in [1.54, 1.807) is 56.3 Å². The molecule has 0 radical (unpaired) electrons. The molecule has 0 fully saturated rings.